The van der Waals surface area contributed by atoms with Gasteiger partial charge in [-0.2, -0.15) is 0 Å². The maximum absolute atomic E-state index is 6.10. The summed E-state index contributed by atoms with van der Waals surface area (Å²) >= 11 is 7.88. The molecule has 94 valence electrons. The smallest absolute Gasteiger partial charge is 0.0934 e. The average molecular weight is 270 g/mol. The van der Waals surface area contributed by atoms with Crippen LogP contribution in [0.2, 0.25) is 4.34 Å². The van der Waals surface area contributed by atoms with Gasteiger partial charge >= 0.3 is 0 Å². The molecule has 1 N–H and O–H groups in total. The Labute approximate surface area is 113 Å². The Morgan fingerprint density at radius 2 is 1.88 bits per heavy atom. The van der Waals surface area contributed by atoms with Gasteiger partial charge in [-0.3, -0.25) is 0 Å². The molecule has 0 aliphatic heterocycles. The van der Waals surface area contributed by atoms with Crippen molar-refractivity contribution in [2.24, 2.45) is 0 Å². The van der Waals surface area contributed by atoms with E-state index in [0.29, 0.717) is 6.04 Å². The van der Waals surface area contributed by atoms with Gasteiger partial charge in [-0.05, 0) is 37.3 Å². The molecule has 0 saturated heterocycles. The summed E-state index contributed by atoms with van der Waals surface area (Å²) in [5.41, 5.74) is 1.49. The Bertz CT molecular complexity index is 380. The molecule has 0 amide bonds. The lowest BCUT2D eigenvalue weighted by Gasteiger charge is -2.21. The van der Waals surface area contributed by atoms with E-state index in [1.165, 1.54) is 61.8 Å². The third kappa shape index (κ3) is 2.69. The minimum Gasteiger partial charge on any atom is -0.307 e. The number of hydrogen-bond acceptors (Lipinski definition) is 2. The van der Waals surface area contributed by atoms with Gasteiger partial charge in [-0.25, -0.2) is 0 Å². The Morgan fingerprint density at radius 3 is 2.65 bits per heavy atom. The third-order valence-corrected chi connectivity index (χ3v) is 5.48. The molecule has 1 aromatic heterocycles. The SMILES string of the molecule is Clc1cc2c(s1)CCC2NC1CCCCCC1. The first kappa shape index (κ1) is 12.0. The first-order valence-corrected chi connectivity index (χ1v) is 8.06. The second kappa shape index (κ2) is 5.29. The topological polar surface area (TPSA) is 12.0 Å². The molecular formula is C14H20ClNS. The normalized spacial score (nSPS) is 25.8. The van der Waals surface area contributed by atoms with E-state index in [0.717, 1.165) is 10.4 Å². The minimum atomic E-state index is 0.580. The summed E-state index contributed by atoms with van der Waals surface area (Å²) in [6.45, 7) is 0. The monoisotopic (exact) mass is 269 g/mol. The maximum atomic E-state index is 6.10. The van der Waals surface area contributed by atoms with Crippen LogP contribution in [0, 0.1) is 0 Å². The first-order chi connectivity index (χ1) is 8.33. The molecule has 1 nitrogen and oxygen atoms in total. The van der Waals surface area contributed by atoms with Crippen molar-refractivity contribution in [3.05, 3.63) is 20.8 Å². The van der Waals surface area contributed by atoms with Crippen molar-refractivity contribution in [3.8, 4) is 0 Å². The molecule has 1 aromatic rings. The highest BCUT2D eigenvalue weighted by molar-refractivity contribution is 7.16. The molecular weight excluding hydrogens is 250 g/mol. The van der Waals surface area contributed by atoms with Crippen LogP contribution in [-0.2, 0) is 6.42 Å². The van der Waals surface area contributed by atoms with Gasteiger partial charge in [0.15, 0.2) is 0 Å². The van der Waals surface area contributed by atoms with Crippen molar-refractivity contribution in [1.82, 2.24) is 5.32 Å². The van der Waals surface area contributed by atoms with Gasteiger partial charge in [0.1, 0.15) is 0 Å². The number of nitrogens with one attached hydrogen (secondary N) is 1. The first-order valence-electron chi connectivity index (χ1n) is 6.87. The van der Waals surface area contributed by atoms with Crippen molar-refractivity contribution in [3.63, 3.8) is 0 Å². The molecule has 0 spiro atoms. The number of hydrogen-bond donors (Lipinski definition) is 1. The van der Waals surface area contributed by atoms with Crippen LogP contribution in [0.1, 0.15) is 61.4 Å². The van der Waals surface area contributed by atoms with Crippen molar-refractivity contribution in [2.75, 3.05) is 0 Å². The van der Waals surface area contributed by atoms with E-state index < -0.39 is 0 Å². The van der Waals surface area contributed by atoms with E-state index in [4.69, 9.17) is 11.6 Å². The Morgan fingerprint density at radius 1 is 1.12 bits per heavy atom. The molecule has 2 aliphatic carbocycles. The molecule has 1 unspecified atom stereocenters. The highest BCUT2D eigenvalue weighted by Crippen LogP contribution is 2.40. The maximum Gasteiger partial charge on any atom is 0.0934 e. The number of thiophene rings is 1. The predicted octanol–water partition coefficient (Wildman–Crippen LogP) is 4.70. The second-order valence-corrected chi connectivity index (χ2v) is 7.14. The fourth-order valence-corrected chi connectivity index (χ4v) is 4.59. The van der Waals surface area contributed by atoms with E-state index in [1.54, 1.807) is 11.3 Å². The molecule has 3 heteroatoms. The number of aryl methyl sites for hydroxylation is 1. The van der Waals surface area contributed by atoms with Crippen LogP contribution in [0.25, 0.3) is 0 Å². The van der Waals surface area contributed by atoms with Gasteiger partial charge in [0.25, 0.3) is 0 Å². The molecule has 17 heavy (non-hydrogen) atoms. The van der Waals surface area contributed by atoms with Gasteiger partial charge in [-0.15, -0.1) is 11.3 Å². The van der Waals surface area contributed by atoms with Crippen LogP contribution in [0.5, 0.6) is 0 Å². The quantitative estimate of drug-likeness (QED) is 0.768. The van der Waals surface area contributed by atoms with Crippen LogP contribution in [0.4, 0.5) is 0 Å². The van der Waals surface area contributed by atoms with Gasteiger partial charge in [0.2, 0.25) is 0 Å². The largest absolute Gasteiger partial charge is 0.307 e. The van der Waals surface area contributed by atoms with E-state index in [2.05, 4.69) is 11.4 Å². The summed E-state index contributed by atoms with van der Waals surface area (Å²) in [6, 6.07) is 3.51. The molecule has 1 heterocycles. The van der Waals surface area contributed by atoms with Crippen molar-refractivity contribution < 1.29 is 0 Å². The molecule has 1 atom stereocenters. The predicted molar refractivity (Wildman–Crippen MR) is 75.0 cm³/mol. The molecule has 3 rings (SSSR count). The summed E-state index contributed by atoms with van der Waals surface area (Å²) in [5, 5.41) is 3.88. The minimum absolute atomic E-state index is 0.580. The van der Waals surface area contributed by atoms with Crippen LogP contribution in [0.15, 0.2) is 6.07 Å². The molecule has 0 bridgehead atoms. The molecule has 2 aliphatic rings. The van der Waals surface area contributed by atoms with E-state index in [9.17, 15) is 0 Å². The zero-order chi connectivity index (χ0) is 11.7. The average Bonchev–Trinajstić information content (AvgIpc) is 2.73. The summed E-state index contributed by atoms with van der Waals surface area (Å²) < 4.78 is 0.961. The summed E-state index contributed by atoms with van der Waals surface area (Å²) in [7, 11) is 0. The standard InChI is InChI=1S/C14H20ClNS/c15-14-9-11-12(7-8-13(11)17-14)16-10-5-3-1-2-4-6-10/h9-10,12,16H,1-8H2. The Balaban J connectivity index is 1.65. The van der Waals surface area contributed by atoms with Crippen LogP contribution < -0.4 is 5.32 Å². The number of rotatable bonds is 2. The molecule has 0 radical (unpaired) electrons. The van der Waals surface area contributed by atoms with Gasteiger partial charge in [-0.1, -0.05) is 37.3 Å². The molecule has 0 aromatic carbocycles. The number of halogens is 1. The van der Waals surface area contributed by atoms with Gasteiger partial charge in [0, 0.05) is 17.0 Å². The van der Waals surface area contributed by atoms with Crippen LogP contribution in [-0.4, -0.2) is 6.04 Å². The fourth-order valence-electron chi connectivity index (χ4n) is 3.23. The summed E-state index contributed by atoms with van der Waals surface area (Å²) in [6.07, 6.45) is 10.9. The summed E-state index contributed by atoms with van der Waals surface area (Å²) in [4.78, 5) is 1.51. The zero-order valence-corrected chi connectivity index (χ0v) is 11.7. The fraction of sp³-hybridized carbons (Fsp3) is 0.714. The van der Waals surface area contributed by atoms with Crippen LogP contribution in [0.3, 0.4) is 0 Å². The molecule has 1 fully saturated rings. The van der Waals surface area contributed by atoms with Gasteiger partial charge in [0.05, 0.1) is 4.34 Å². The van der Waals surface area contributed by atoms with E-state index in [-0.39, 0.29) is 0 Å². The number of fused-ring (bicyclic) bond motifs is 1. The van der Waals surface area contributed by atoms with Crippen molar-refractivity contribution in [2.45, 2.75) is 63.5 Å². The molecule has 1 saturated carbocycles. The zero-order valence-electron chi connectivity index (χ0n) is 10.2. The highest BCUT2D eigenvalue weighted by Gasteiger charge is 2.27. The third-order valence-electron chi connectivity index (χ3n) is 4.14. The van der Waals surface area contributed by atoms with Crippen LogP contribution >= 0.6 is 22.9 Å². The lowest BCUT2D eigenvalue weighted by Crippen LogP contribution is -2.31. The lowest BCUT2D eigenvalue weighted by atomic mass is 10.1. The van der Waals surface area contributed by atoms with Crippen molar-refractivity contribution in [1.29, 1.82) is 0 Å². The summed E-state index contributed by atoms with van der Waals surface area (Å²) in [5.74, 6) is 0. The second-order valence-electron chi connectivity index (χ2n) is 5.38. The van der Waals surface area contributed by atoms with Gasteiger partial charge < -0.3 is 5.32 Å². The Kier molecular flexibility index (Phi) is 3.74. The van der Waals surface area contributed by atoms with E-state index >= 15 is 0 Å². The lowest BCUT2D eigenvalue weighted by molar-refractivity contribution is 0.397. The van der Waals surface area contributed by atoms with Crippen molar-refractivity contribution >= 4 is 22.9 Å². The Hall–Kier alpha value is -0.0500. The van der Waals surface area contributed by atoms with E-state index in [1.807, 2.05) is 0 Å². The highest BCUT2D eigenvalue weighted by atomic mass is 35.5.